The summed E-state index contributed by atoms with van der Waals surface area (Å²) in [7, 11) is 0. The van der Waals surface area contributed by atoms with Crippen molar-refractivity contribution in [1.82, 2.24) is 0 Å². The number of nitro benzene ring substituents is 1. The second-order valence-corrected chi connectivity index (χ2v) is 6.56. The van der Waals surface area contributed by atoms with E-state index in [1.54, 1.807) is 18.2 Å². The van der Waals surface area contributed by atoms with E-state index in [0.717, 1.165) is 4.90 Å². The Morgan fingerprint density at radius 1 is 1.23 bits per heavy atom. The van der Waals surface area contributed by atoms with Crippen molar-refractivity contribution in [3.05, 3.63) is 58.1 Å². The second-order valence-electron chi connectivity index (χ2n) is 5.71. The van der Waals surface area contributed by atoms with Gasteiger partial charge in [0, 0.05) is 29.6 Å². The molecule has 0 spiro atoms. The van der Waals surface area contributed by atoms with Crippen molar-refractivity contribution in [2.45, 2.75) is 4.90 Å². The molecule has 26 heavy (non-hydrogen) atoms. The number of hydrogen-bond donors (Lipinski definition) is 1. The third-order valence-electron chi connectivity index (χ3n) is 4.14. The number of morpholine rings is 1. The van der Waals surface area contributed by atoms with Crippen LogP contribution in [0.5, 0.6) is 0 Å². The number of para-hydroxylation sites is 1. The number of amides is 1. The fourth-order valence-electron chi connectivity index (χ4n) is 2.82. The van der Waals surface area contributed by atoms with E-state index >= 15 is 0 Å². The number of rotatable bonds is 5. The molecule has 1 N–H and O–H groups in total. The number of thioether (sulfide) groups is 1. The maximum Gasteiger partial charge on any atom is 0.293 e. The average molecular weight is 373 g/mol. The molecule has 1 heterocycles. The summed E-state index contributed by atoms with van der Waals surface area (Å²) >= 11 is 1.52. The molecule has 0 atom stereocenters. The topological polar surface area (TPSA) is 84.7 Å². The number of ether oxygens (including phenoxy) is 1. The van der Waals surface area contributed by atoms with Crippen LogP contribution < -0.4 is 10.2 Å². The number of hydrogen-bond acceptors (Lipinski definition) is 6. The number of benzene rings is 2. The van der Waals surface area contributed by atoms with Crippen LogP contribution in [0.15, 0.2) is 47.4 Å². The summed E-state index contributed by atoms with van der Waals surface area (Å²) in [5.41, 5.74) is 1.38. The highest BCUT2D eigenvalue weighted by atomic mass is 32.2. The molecule has 136 valence electrons. The molecule has 1 saturated heterocycles. The van der Waals surface area contributed by atoms with Gasteiger partial charge in [0.25, 0.3) is 11.6 Å². The molecule has 0 bridgehead atoms. The van der Waals surface area contributed by atoms with Gasteiger partial charge in [-0.2, -0.15) is 0 Å². The molecule has 0 radical (unpaired) electrons. The predicted octanol–water partition coefficient (Wildman–Crippen LogP) is 3.41. The molecule has 0 aliphatic carbocycles. The lowest BCUT2D eigenvalue weighted by atomic mass is 10.1. The van der Waals surface area contributed by atoms with Crippen molar-refractivity contribution in [3.63, 3.8) is 0 Å². The molecule has 2 aromatic rings. The predicted molar refractivity (Wildman–Crippen MR) is 102 cm³/mol. The first kappa shape index (κ1) is 18.2. The van der Waals surface area contributed by atoms with Crippen LogP contribution >= 0.6 is 11.8 Å². The number of carbonyl (C=O) groups is 1. The maximum atomic E-state index is 12.6. The van der Waals surface area contributed by atoms with Crippen LogP contribution in [0.2, 0.25) is 0 Å². The molecule has 0 unspecified atom stereocenters. The normalized spacial score (nSPS) is 14.1. The Balaban J connectivity index is 1.87. The van der Waals surface area contributed by atoms with Crippen molar-refractivity contribution in [1.29, 1.82) is 0 Å². The van der Waals surface area contributed by atoms with Crippen molar-refractivity contribution in [2.24, 2.45) is 0 Å². The highest BCUT2D eigenvalue weighted by Crippen LogP contribution is 2.31. The quantitative estimate of drug-likeness (QED) is 0.491. The minimum atomic E-state index is -0.447. The standard InChI is InChI=1S/C18H19N3O4S/c1-26-17-5-3-2-4-14(17)19-18(22)13-6-7-15(16(12-13)21(23)24)20-8-10-25-11-9-20/h2-7,12H,8-11H2,1H3,(H,19,22). The highest BCUT2D eigenvalue weighted by Gasteiger charge is 2.23. The highest BCUT2D eigenvalue weighted by molar-refractivity contribution is 7.98. The summed E-state index contributed by atoms with van der Waals surface area (Å²) in [6, 6.07) is 12.0. The van der Waals surface area contributed by atoms with E-state index in [4.69, 9.17) is 4.74 Å². The lowest BCUT2D eigenvalue weighted by Gasteiger charge is -2.28. The van der Waals surface area contributed by atoms with E-state index in [2.05, 4.69) is 5.32 Å². The van der Waals surface area contributed by atoms with E-state index < -0.39 is 4.92 Å². The Bertz CT molecular complexity index is 822. The molecule has 3 rings (SSSR count). The van der Waals surface area contributed by atoms with Gasteiger partial charge in [0.1, 0.15) is 5.69 Å². The molecule has 8 heteroatoms. The number of carbonyl (C=O) groups excluding carboxylic acids is 1. The number of anilines is 2. The fourth-order valence-corrected chi connectivity index (χ4v) is 3.38. The summed E-state index contributed by atoms with van der Waals surface area (Å²) in [4.78, 5) is 26.5. The first-order valence-electron chi connectivity index (χ1n) is 8.15. The Morgan fingerprint density at radius 3 is 2.65 bits per heavy atom. The first-order valence-corrected chi connectivity index (χ1v) is 9.38. The van der Waals surface area contributed by atoms with Gasteiger partial charge < -0.3 is 15.0 Å². The molecule has 1 aliphatic rings. The fraction of sp³-hybridized carbons (Fsp3) is 0.278. The van der Waals surface area contributed by atoms with Crippen molar-refractivity contribution in [2.75, 3.05) is 42.8 Å². The number of nitrogens with one attached hydrogen (secondary N) is 1. The van der Waals surface area contributed by atoms with Crippen molar-refractivity contribution >= 4 is 34.7 Å². The van der Waals surface area contributed by atoms with Crippen LogP contribution in [0.3, 0.4) is 0 Å². The molecular weight excluding hydrogens is 354 g/mol. The Kier molecular flexibility index (Phi) is 5.75. The van der Waals surface area contributed by atoms with Crippen LogP contribution in [-0.2, 0) is 4.74 Å². The second kappa shape index (κ2) is 8.20. The molecule has 0 saturated carbocycles. The molecule has 7 nitrogen and oxygen atoms in total. The van der Waals surface area contributed by atoms with Crippen LogP contribution in [-0.4, -0.2) is 43.4 Å². The largest absolute Gasteiger partial charge is 0.378 e. The smallest absolute Gasteiger partial charge is 0.293 e. The SMILES string of the molecule is CSc1ccccc1NC(=O)c1ccc(N2CCOCC2)c([N+](=O)[O-])c1. The zero-order valence-electron chi connectivity index (χ0n) is 14.3. The van der Waals surface area contributed by atoms with Crippen LogP contribution in [0, 0.1) is 10.1 Å². The third-order valence-corrected chi connectivity index (χ3v) is 4.94. The van der Waals surface area contributed by atoms with Gasteiger partial charge in [0.05, 0.1) is 23.8 Å². The van der Waals surface area contributed by atoms with Gasteiger partial charge in [0.2, 0.25) is 0 Å². The number of nitrogens with zero attached hydrogens (tertiary/aromatic N) is 2. The molecular formula is C18H19N3O4S. The van der Waals surface area contributed by atoms with Gasteiger partial charge >= 0.3 is 0 Å². The Hall–Kier alpha value is -2.58. The molecule has 1 amide bonds. The van der Waals surface area contributed by atoms with Gasteiger partial charge in [-0.3, -0.25) is 14.9 Å². The first-order chi connectivity index (χ1) is 12.6. The number of nitro groups is 1. The third kappa shape index (κ3) is 3.97. The monoisotopic (exact) mass is 373 g/mol. The summed E-state index contributed by atoms with van der Waals surface area (Å²) in [6.45, 7) is 2.25. The molecule has 0 aromatic heterocycles. The Labute approximate surface area is 155 Å². The molecule has 1 aliphatic heterocycles. The zero-order chi connectivity index (χ0) is 18.5. The van der Waals surface area contributed by atoms with Gasteiger partial charge in [-0.1, -0.05) is 12.1 Å². The van der Waals surface area contributed by atoms with Crippen LogP contribution in [0.25, 0.3) is 0 Å². The maximum absolute atomic E-state index is 12.6. The lowest BCUT2D eigenvalue weighted by Crippen LogP contribution is -2.36. The molecule has 1 fully saturated rings. The minimum Gasteiger partial charge on any atom is -0.378 e. The lowest BCUT2D eigenvalue weighted by molar-refractivity contribution is -0.384. The van der Waals surface area contributed by atoms with E-state index in [9.17, 15) is 14.9 Å². The zero-order valence-corrected chi connectivity index (χ0v) is 15.1. The van der Waals surface area contributed by atoms with E-state index in [-0.39, 0.29) is 17.2 Å². The molecule has 2 aromatic carbocycles. The van der Waals surface area contributed by atoms with Crippen molar-refractivity contribution in [3.8, 4) is 0 Å². The van der Waals surface area contributed by atoms with Gasteiger partial charge in [-0.15, -0.1) is 11.8 Å². The van der Waals surface area contributed by atoms with Gasteiger partial charge in [0.15, 0.2) is 0 Å². The summed E-state index contributed by atoms with van der Waals surface area (Å²) in [5, 5.41) is 14.3. The Morgan fingerprint density at radius 2 is 1.96 bits per heavy atom. The minimum absolute atomic E-state index is 0.0716. The van der Waals surface area contributed by atoms with Crippen molar-refractivity contribution < 1.29 is 14.5 Å². The average Bonchev–Trinajstić information content (AvgIpc) is 2.68. The van der Waals surface area contributed by atoms with Gasteiger partial charge in [-0.05, 0) is 30.5 Å². The van der Waals surface area contributed by atoms with Crippen LogP contribution in [0.4, 0.5) is 17.1 Å². The van der Waals surface area contributed by atoms with E-state index in [0.29, 0.717) is 37.7 Å². The summed E-state index contributed by atoms with van der Waals surface area (Å²) in [5.74, 6) is -0.372. The summed E-state index contributed by atoms with van der Waals surface area (Å²) in [6.07, 6.45) is 1.92. The van der Waals surface area contributed by atoms with Crippen LogP contribution in [0.1, 0.15) is 10.4 Å². The van der Waals surface area contributed by atoms with E-state index in [1.165, 1.54) is 17.8 Å². The summed E-state index contributed by atoms with van der Waals surface area (Å²) < 4.78 is 5.29. The van der Waals surface area contributed by atoms with E-state index in [1.807, 2.05) is 29.4 Å². The van der Waals surface area contributed by atoms with Gasteiger partial charge in [-0.25, -0.2) is 0 Å².